The third-order valence-electron chi connectivity index (χ3n) is 2.73. The van der Waals surface area contributed by atoms with Crippen LogP contribution in [0.15, 0.2) is 29.2 Å². The zero-order chi connectivity index (χ0) is 14.4. The minimum atomic E-state index is -0.393. The number of anilines is 1. The number of benzene rings is 1. The topological polar surface area (TPSA) is 84.7 Å². The van der Waals surface area contributed by atoms with Crippen LogP contribution in [0.25, 0.3) is 0 Å². The highest BCUT2D eigenvalue weighted by molar-refractivity contribution is 8.00. The van der Waals surface area contributed by atoms with Gasteiger partial charge in [-0.3, -0.25) is 9.63 Å². The summed E-state index contributed by atoms with van der Waals surface area (Å²) in [5, 5.41) is 4.13. The molecule has 7 heteroatoms. The lowest BCUT2D eigenvalue weighted by atomic mass is 10.3. The second-order valence-corrected chi connectivity index (χ2v) is 5.34. The molecule has 0 spiro atoms. The monoisotopic (exact) mass is 295 g/mol. The molecule has 0 bridgehead atoms. The first-order chi connectivity index (χ1) is 9.66. The van der Waals surface area contributed by atoms with Crippen molar-refractivity contribution >= 4 is 29.4 Å². The van der Waals surface area contributed by atoms with Crippen molar-refractivity contribution in [3.8, 4) is 0 Å². The number of urea groups is 1. The Morgan fingerprint density at radius 2 is 2.15 bits per heavy atom. The summed E-state index contributed by atoms with van der Waals surface area (Å²) in [6.07, 6.45) is 1.90. The first-order valence-electron chi connectivity index (χ1n) is 6.38. The molecule has 2 rings (SSSR count). The van der Waals surface area contributed by atoms with Crippen molar-refractivity contribution in [3.05, 3.63) is 24.3 Å². The maximum atomic E-state index is 12.0. The molecule has 1 aliphatic heterocycles. The van der Waals surface area contributed by atoms with Gasteiger partial charge in [0.05, 0.1) is 24.6 Å². The molecule has 0 aromatic heterocycles. The van der Waals surface area contributed by atoms with Gasteiger partial charge in [0, 0.05) is 4.90 Å². The zero-order valence-corrected chi connectivity index (χ0v) is 11.8. The van der Waals surface area contributed by atoms with Gasteiger partial charge < -0.3 is 11.1 Å². The molecule has 1 aromatic carbocycles. The maximum Gasteiger partial charge on any atom is 0.345 e. The summed E-state index contributed by atoms with van der Waals surface area (Å²) in [6.45, 7) is 1.15. The molecule has 108 valence electrons. The Labute approximate surface area is 121 Å². The highest BCUT2D eigenvalue weighted by Crippen LogP contribution is 2.27. The largest absolute Gasteiger partial charge is 0.369 e. The van der Waals surface area contributed by atoms with Crippen LogP contribution in [0, 0.1) is 0 Å². The molecule has 1 aliphatic rings. The summed E-state index contributed by atoms with van der Waals surface area (Å²) in [7, 11) is 0. The third kappa shape index (κ3) is 4.14. The Kier molecular flexibility index (Phi) is 5.25. The number of carbonyl (C=O) groups is 2. The number of carbonyl (C=O) groups excluding carboxylic acids is 2. The van der Waals surface area contributed by atoms with Gasteiger partial charge in [-0.2, -0.15) is 0 Å². The number of nitrogens with one attached hydrogen (secondary N) is 1. The molecule has 0 aliphatic carbocycles. The average Bonchev–Trinajstić information content (AvgIpc) is 2.47. The Morgan fingerprint density at radius 1 is 1.35 bits per heavy atom. The van der Waals surface area contributed by atoms with E-state index in [9.17, 15) is 9.59 Å². The lowest BCUT2D eigenvalue weighted by Gasteiger charge is -2.26. The molecule has 3 N–H and O–H groups in total. The van der Waals surface area contributed by atoms with Gasteiger partial charge in [0.25, 0.3) is 0 Å². The Morgan fingerprint density at radius 3 is 2.85 bits per heavy atom. The van der Waals surface area contributed by atoms with Crippen molar-refractivity contribution in [2.45, 2.75) is 17.7 Å². The van der Waals surface area contributed by atoms with Crippen molar-refractivity contribution in [1.82, 2.24) is 5.06 Å². The quantitative estimate of drug-likeness (QED) is 0.830. The second kappa shape index (κ2) is 7.16. The van der Waals surface area contributed by atoms with Gasteiger partial charge in [-0.15, -0.1) is 11.8 Å². The van der Waals surface area contributed by atoms with Crippen LogP contribution in [-0.4, -0.2) is 35.9 Å². The van der Waals surface area contributed by atoms with Crippen LogP contribution in [0.2, 0.25) is 0 Å². The van der Waals surface area contributed by atoms with E-state index < -0.39 is 5.91 Å². The van der Waals surface area contributed by atoms with Gasteiger partial charge in [0.2, 0.25) is 5.91 Å². The van der Waals surface area contributed by atoms with Gasteiger partial charge >= 0.3 is 6.03 Å². The number of para-hydroxylation sites is 1. The van der Waals surface area contributed by atoms with Gasteiger partial charge in [-0.1, -0.05) is 12.1 Å². The first-order valence-corrected chi connectivity index (χ1v) is 7.37. The molecule has 0 saturated carbocycles. The number of thioether (sulfide) groups is 1. The Bertz CT molecular complexity index is 490. The highest BCUT2D eigenvalue weighted by Gasteiger charge is 2.18. The third-order valence-corrected chi connectivity index (χ3v) is 3.82. The van der Waals surface area contributed by atoms with Gasteiger partial charge in [-0.05, 0) is 25.0 Å². The summed E-state index contributed by atoms with van der Waals surface area (Å²) in [5.41, 5.74) is 5.78. The molecule has 0 radical (unpaired) electrons. The summed E-state index contributed by atoms with van der Waals surface area (Å²) in [4.78, 5) is 29.0. The van der Waals surface area contributed by atoms with Crippen molar-refractivity contribution < 1.29 is 14.4 Å². The van der Waals surface area contributed by atoms with Gasteiger partial charge in [-0.25, -0.2) is 9.86 Å². The van der Waals surface area contributed by atoms with Crippen molar-refractivity contribution in [1.29, 1.82) is 0 Å². The summed E-state index contributed by atoms with van der Waals surface area (Å²) < 4.78 is 0. The molecule has 0 unspecified atom stereocenters. The van der Waals surface area contributed by atoms with Crippen LogP contribution in [0.5, 0.6) is 0 Å². The molecule has 20 heavy (non-hydrogen) atoms. The minimum Gasteiger partial charge on any atom is -0.369 e. The number of nitrogens with zero attached hydrogens (tertiary/aromatic N) is 1. The molecule has 1 aromatic rings. The number of amides is 3. The molecule has 1 saturated heterocycles. The SMILES string of the molecule is NC(=O)CSc1ccccc1NC(=O)N1CCCCO1. The van der Waals surface area contributed by atoms with E-state index in [0.717, 1.165) is 17.7 Å². The van der Waals surface area contributed by atoms with E-state index in [4.69, 9.17) is 10.6 Å². The smallest absolute Gasteiger partial charge is 0.345 e. The fourth-order valence-corrected chi connectivity index (χ4v) is 2.53. The molecular weight excluding hydrogens is 278 g/mol. The van der Waals surface area contributed by atoms with Crippen LogP contribution in [0.3, 0.4) is 0 Å². The molecule has 6 nitrogen and oxygen atoms in total. The Balaban J connectivity index is 2.00. The van der Waals surface area contributed by atoms with Crippen LogP contribution in [0.4, 0.5) is 10.5 Å². The van der Waals surface area contributed by atoms with E-state index >= 15 is 0 Å². The molecule has 3 amide bonds. The number of hydrogen-bond acceptors (Lipinski definition) is 4. The fourth-order valence-electron chi connectivity index (χ4n) is 1.78. The highest BCUT2D eigenvalue weighted by atomic mass is 32.2. The summed E-state index contributed by atoms with van der Waals surface area (Å²) in [5.74, 6) is -0.219. The van der Waals surface area contributed by atoms with E-state index in [1.54, 1.807) is 6.07 Å². The van der Waals surface area contributed by atoms with Gasteiger partial charge in [0.15, 0.2) is 0 Å². The molecule has 1 fully saturated rings. The van der Waals surface area contributed by atoms with Crippen LogP contribution < -0.4 is 11.1 Å². The zero-order valence-electron chi connectivity index (χ0n) is 11.0. The number of hydrogen-bond donors (Lipinski definition) is 2. The second-order valence-electron chi connectivity index (χ2n) is 4.32. The fraction of sp³-hybridized carbons (Fsp3) is 0.385. The van der Waals surface area contributed by atoms with Crippen LogP contribution in [-0.2, 0) is 9.63 Å². The lowest BCUT2D eigenvalue weighted by Crippen LogP contribution is -2.38. The minimum absolute atomic E-state index is 0.174. The lowest BCUT2D eigenvalue weighted by molar-refractivity contribution is -0.135. The average molecular weight is 295 g/mol. The number of primary amides is 1. The predicted molar refractivity (Wildman–Crippen MR) is 77.3 cm³/mol. The van der Waals surface area contributed by atoms with Crippen molar-refractivity contribution in [3.63, 3.8) is 0 Å². The Hall–Kier alpha value is -1.73. The van der Waals surface area contributed by atoms with E-state index in [1.807, 2.05) is 18.2 Å². The van der Waals surface area contributed by atoms with Gasteiger partial charge in [0.1, 0.15) is 0 Å². The molecule has 1 heterocycles. The molecule has 0 atom stereocenters. The van der Waals surface area contributed by atoms with Crippen molar-refractivity contribution in [2.24, 2.45) is 5.73 Å². The number of nitrogens with two attached hydrogens (primary N) is 1. The number of hydroxylamine groups is 2. The first kappa shape index (κ1) is 14.7. The molecular formula is C13H17N3O3S. The summed E-state index contributed by atoms with van der Waals surface area (Å²) >= 11 is 1.30. The number of rotatable bonds is 4. The summed E-state index contributed by atoms with van der Waals surface area (Å²) in [6, 6.07) is 6.99. The standard InChI is InChI=1S/C13H17N3O3S/c14-12(17)9-20-11-6-2-1-5-10(11)15-13(18)16-7-3-4-8-19-16/h1-2,5-6H,3-4,7-9H2,(H2,14,17)(H,15,18). The van der Waals surface area contributed by atoms with Crippen molar-refractivity contribution in [2.75, 3.05) is 24.2 Å². The normalized spacial score (nSPS) is 14.9. The maximum absolute atomic E-state index is 12.0. The predicted octanol–water partition coefficient (Wildman–Crippen LogP) is 1.82. The van der Waals surface area contributed by atoms with E-state index in [2.05, 4.69) is 5.32 Å². The van der Waals surface area contributed by atoms with E-state index in [-0.39, 0.29) is 11.8 Å². The van der Waals surface area contributed by atoms with E-state index in [0.29, 0.717) is 18.8 Å². The van der Waals surface area contributed by atoms with Crippen LogP contribution >= 0.6 is 11.8 Å². The van der Waals surface area contributed by atoms with Crippen LogP contribution in [0.1, 0.15) is 12.8 Å². The van der Waals surface area contributed by atoms with E-state index in [1.165, 1.54) is 16.8 Å².